The number of amides is 4. The molecule has 0 spiro atoms. The molecule has 2 aromatic rings. The summed E-state index contributed by atoms with van der Waals surface area (Å²) in [4.78, 5) is 39.4. The van der Waals surface area contributed by atoms with E-state index in [1.807, 2.05) is 25.2 Å². The van der Waals surface area contributed by atoms with Crippen molar-refractivity contribution in [2.24, 2.45) is 7.05 Å². The van der Waals surface area contributed by atoms with Gasteiger partial charge in [-0.1, -0.05) is 0 Å². The largest absolute Gasteiger partial charge is 0.443 e. The van der Waals surface area contributed by atoms with Crippen molar-refractivity contribution in [2.75, 3.05) is 18.5 Å². The molecule has 1 unspecified atom stereocenters. The number of hydrogen-bond acceptors (Lipinski definition) is 5. The van der Waals surface area contributed by atoms with Crippen LogP contribution in [0.4, 0.5) is 15.3 Å². The van der Waals surface area contributed by atoms with Crippen LogP contribution in [0.2, 0.25) is 0 Å². The lowest BCUT2D eigenvalue weighted by molar-refractivity contribution is -0.119. The van der Waals surface area contributed by atoms with Crippen LogP contribution in [-0.2, 0) is 16.6 Å². The van der Waals surface area contributed by atoms with Crippen LogP contribution in [0.15, 0.2) is 24.4 Å². The first-order valence-corrected chi connectivity index (χ1v) is 8.57. The van der Waals surface area contributed by atoms with Crippen LogP contribution in [0.3, 0.4) is 0 Å². The lowest BCUT2D eigenvalue weighted by Crippen LogP contribution is -2.44. The highest BCUT2D eigenvalue weighted by molar-refractivity contribution is 6.04. The third-order valence-corrected chi connectivity index (χ3v) is 4.27. The molecule has 2 heterocycles. The van der Waals surface area contributed by atoms with Crippen LogP contribution >= 0.6 is 0 Å². The zero-order valence-corrected chi connectivity index (χ0v) is 16.0. The molecule has 0 aliphatic carbocycles. The Hall–Kier alpha value is -3.10. The number of nitrogens with one attached hydrogen (secondary N) is 1. The van der Waals surface area contributed by atoms with Crippen molar-refractivity contribution in [1.29, 1.82) is 0 Å². The molecule has 9 nitrogen and oxygen atoms in total. The first kappa shape index (κ1) is 18.7. The molecule has 0 radical (unpaired) electrons. The van der Waals surface area contributed by atoms with Gasteiger partial charge in [-0.3, -0.25) is 9.48 Å². The molecule has 1 saturated heterocycles. The van der Waals surface area contributed by atoms with Crippen LogP contribution < -0.4 is 10.2 Å². The lowest BCUT2D eigenvalue weighted by Gasteiger charge is -2.23. The summed E-state index contributed by atoms with van der Waals surface area (Å²) in [6, 6.07) is 4.06. The third-order valence-electron chi connectivity index (χ3n) is 4.27. The number of fused-ring (bicyclic) bond motifs is 1. The van der Waals surface area contributed by atoms with E-state index in [2.05, 4.69) is 10.4 Å². The summed E-state index contributed by atoms with van der Waals surface area (Å²) in [7, 11) is 3.45. The second-order valence-electron chi connectivity index (χ2n) is 7.50. The van der Waals surface area contributed by atoms with Gasteiger partial charge in [0.1, 0.15) is 11.6 Å². The molecule has 1 aromatic heterocycles. The number of carbonyl (C=O) groups excluding carboxylic acids is 3. The van der Waals surface area contributed by atoms with Crippen molar-refractivity contribution in [3.63, 3.8) is 0 Å². The number of anilines is 1. The average Bonchev–Trinajstić information content (AvgIpc) is 3.15. The van der Waals surface area contributed by atoms with Crippen LogP contribution in [-0.4, -0.2) is 57.9 Å². The van der Waals surface area contributed by atoms with Crippen LogP contribution in [0.1, 0.15) is 20.8 Å². The van der Waals surface area contributed by atoms with Gasteiger partial charge >= 0.3 is 12.1 Å². The van der Waals surface area contributed by atoms with Crippen molar-refractivity contribution < 1.29 is 19.1 Å². The average molecular weight is 373 g/mol. The van der Waals surface area contributed by atoms with Gasteiger partial charge in [0, 0.05) is 25.2 Å². The Morgan fingerprint density at radius 2 is 2.04 bits per heavy atom. The van der Waals surface area contributed by atoms with E-state index in [-0.39, 0.29) is 12.5 Å². The Labute approximate surface area is 156 Å². The molecule has 3 rings (SSSR count). The molecule has 0 saturated carbocycles. The van der Waals surface area contributed by atoms with Crippen molar-refractivity contribution in [2.45, 2.75) is 32.4 Å². The smallest absolute Gasteiger partial charge is 0.418 e. The number of nitrogens with zero attached hydrogens (tertiary/aromatic N) is 4. The first-order chi connectivity index (χ1) is 12.6. The number of imide groups is 1. The highest BCUT2D eigenvalue weighted by Gasteiger charge is 2.40. The normalized spacial score (nSPS) is 17.1. The fraction of sp³-hybridized carbons (Fsp3) is 0.444. The van der Waals surface area contributed by atoms with Gasteiger partial charge in [-0.2, -0.15) is 5.10 Å². The zero-order chi connectivity index (χ0) is 19.9. The van der Waals surface area contributed by atoms with Crippen LogP contribution in [0.5, 0.6) is 0 Å². The fourth-order valence-corrected chi connectivity index (χ4v) is 2.85. The second-order valence-corrected chi connectivity index (χ2v) is 7.50. The monoisotopic (exact) mass is 373 g/mol. The Morgan fingerprint density at radius 1 is 1.33 bits per heavy atom. The van der Waals surface area contributed by atoms with E-state index in [0.29, 0.717) is 5.69 Å². The molecule has 4 amide bonds. The minimum absolute atomic E-state index is 0.0785. The van der Waals surface area contributed by atoms with Gasteiger partial charge in [0.25, 0.3) is 5.91 Å². The number of ether oxygens (including phenoxy) is 1. The van der Waals surface area contributed by atoms with Gasteiger partial charge in [-0.05, 0) is 39.0 Å². The third kappa shape index (κ3) is 3.71. The molecule has 9 heteroatoms. The summed E-state index contributed by atoms with van der Waals surface area (Å²) in [6.07, 6.45) is 0.978. The van der Waals surface area contributed by atoms with Gasteiger partial charge in [0.05, 0.1) is 18.3 Å². The molecule has 1 aromatic carbocycles. The Bertz CT molecular complexity index is 914. The molecule has 144 valence electrons. The summed E-state index contributed by atoms with van der Waals surface area (Å²) in [6.45, 7) is 5.06. The van der Waals surface area contributed by atoms with Crippen LogP contribution in [0.25, 0.3) is 10.9 Å². The first-order valence-electron chi connectivity index (χ1n) is 8.57. The molecule has 1 aliphatic heterocycles. The highest BCUT2D eigenvalue weighted by atomic mass is 16.6. The predicted molar refractivity (Wildman–Crippen MR) is 99.4 cm³/mol. The summed E-state index contributed by atoms with van der Waals surface area (Å²) >= 11 is 0. The molecule has 1 atom stereocenters. The number of urea groups is 1. The Morgan fingerprint density at radius 3 is 2.70 bits per heavy atom. The predicted octanol–water partition coefficient (Wildman–Crippen LogP) is 1.86. The van der Waals surface area contributed by atoms with Crippen molar-refractivity contribution in [1.82, 2.24) is 20.0 Å². The number of benzene rings is 1. The molecule has 1 N–H and O–H groups in total. The molecule has 27 heavy (non-hydrogen) atoms. The number of aryl methyl sites for hydroxylation is 1. The maximum absolute atomic E-state index is 12.8. The van der Waals surface area contributed by atoms with Gasteiger partial charge < -0.3 is 15.0 Å². The van der Waals surface area contributed by atoms with E-state index in [1.54, 1.807) is 38.7 Å². The topological polar surface area (TPSA) is 96.8 Å². The van der Waals surface area contributed by atoms with Crippen LogP contribution in [0, 0.1) is 0 Å². The summed E-state index contributed by atoms with van der Waals surface area (Å²) < 4.78 is 6.93. The summed E-state index contributed by atoms with van der Waals surface area (Å²) in [5.74, 6) is -0.323. The maximum Gasteiger partial charge on any atom is 0.418 e. The number of aromatic nitrogens is 2. The van der Waals surface area contributed by atoms with Crippen molar-refractivity contribution in [3.8, 4) is 0 Å². The Kier molecular flexibility index (Phi) is 4.54. The van der Waals surface area contributed by atoms with E-state index >= 15 is 0 Å². The lowest BCUT2D eigenvalue weighted by atomic mass is 10.2. The fourth-order valence-electron chi connectivity index (χ4n) is 2.85. The Balaban J connectivity index is 1.74. The number of likely N-dealkylation sites (N-methyl/N-ethyl adjacent to an activating group) is 1. The van der Waals surface area contributed by atoms with Gasteiger partial charge in [-0.25, -0.2) is 14.5 Å². The van der Waals surface area contributed by atoms with E-state index in [0.717, 1.165) is 15.8 Å². The van der Waals surface area contributed by atoms with Crippen molar-refractivity contribution >= 4 is 34.6 Å². The molecular formula is C18H23N5O4. The van der Waals surface area contributed by atoms with E-state index < -0.39 is 23.8 Å². The summed E-state index contributed by atoms with van der Waals surface area (Å²) in [5.41, 5.74) is 0.827. The molecule has 1 fully saturated rings. The second kappa shape index (κ2) is 6.57. The zero-order valence-electron chi connectivity index (χ0n) is 16.0. The summed E-state index contributed by atoms with van der Waals surface area (Å²) in [5, 5.41) is 7.69. The number of rotatable bonds is 2. The van der Waals surface area contributed by atoms with E-state index in [4.69, 9.17) is 4.74 Å². The molecule has 1 aliphatic rings. The number of hydrogen-bond donors (Lipinski definition) is 1. The van der Waals surface area contributed by atoms with E-state index in [1.165, 1.54) is 4.90 Å². The molecule has 0 bridgehead atoms. The van der Waals surface area contributed by atoms with Gasteiger partial charge in [-0.15, -0.1) is 0 Å². The van der Waals surface area contributed by atoms with Crippen molar-refractivity contribution in [3.05, 3.63) is 24.4 Å². The molecular weight excluding hydrogens is 350 g/mol. The minimum atomic E-state index is -0.836. The maximum atomic E-state index is 12.8. The standard InChI is InChI=1S/C18H23N5O4/c1-18(2,3)27-17(26)23-10-13(20-16(23)25)15(24)21(4)12-7-6-11-9-19-22(5)14(11)8-12/h6-9,13H,10H2,1-5H3,(H,20,25). The van der Waals surface area contributed by atoms with Gasteiger partial charge in [0.15, 0.2) is 0 Å². The minimum Gasteiger partial charge on any atom is -0.443 e. The SMILES string of the molecule is CN(C(=O)C1CN(C(=O)OC(C)(C)C)C(=O)N1)c1ccc2cnn(C)c2c1. The quantitative estimate of drug-likeness (QED) is 0.867. The van der Waals surface area contributed by atoms with Gasteiger partial charge in [0.2, 0.25) is 0 Å². The van der Waals surface area contributed by atoms with E-state index in [9.17, 15) is 14.4 Å². The highest BCUT2D eigenvalue weighted by Crippen LogP contribution is 2.22. The number of carbonyl (C=O) groups is 3.